The zero-order chi connectivity index (χ0) is 13.4. The molecule has 0 spiro atoms. The molecule has 19 heavy (non-hydrogen) atoms. The number of hydrogen-bond donors (Lipinski definition) is 1. The number of likely N-dealkylation sites (tertiary alicyclic amines) is 1. The van der Waals surface area contributed by atoms with Crippen LogP contribution in [0, 0.1) is 0 Å². The van der Waals surface area contributed by atoms with Gasteiger partial charge in [-0.2, -0.15) is 0 Å². The highest BCUT2D eigenvalue weighted by molar-refractivity contribution is 6.04. The molecule has 2 unspecified atom stereocenters. The largest absolute Gasteiger partial charge is 0.478 e. The first-order valence-electron chi connectivity index (χ1n) is 6.42. The second-order valence-corrected chi connectivity index (χ2v) is 5.02. The smallest absolute Gasteiger partial charge is 0.336 e. The van der Waals surface area contributed by atoms with E-state index in [4.69, 9.17) is 9.84 Å². The minimum Gasteiger partial charge on any atom is -0.478 e. The van der Waals surface area contributed by atoms with Crippen LogP contribution in [0.25, 0.3) is 0 Å². The average molecular weight is 261 g/mol. The number of carboxylic acids is 1. The lowest BCUT2D eigenvalue weighted by atomic mass is 10.1. The van der Waals surface area contributed by atoms with Crippen molar-refractivity contribution in [2.24, 2.45) is 0 Å². The zero-order valence-corrected chi connectivity index (χ0v) is 10.4. The van der Waals surface area contributed by atoms with E-state index in [9.17, 15) is 9.59 Å². The molecule has 2 bridgehead atoms. The maximum Gasteiger partial charge on any atom is 0.336 e. The predicted octanol–water partition coefficient (Wildman–Crippen LogP) is 1.39. The summed E-state index contributed by atoms with van der Waals surface area (Å²) in [5.41, 5.74) is 0.322. The monoisotopic (exact) mass is 261 g/mol. The van der Waals surface area contributed by atoms with Gasteiger partial charge in [0, 0.05) is 13.1 Å². The third-order valence-corrected chi connectivity index (χ3v) is 3.72. The topological polar surface area (TPSA) is 66.8 Å². The van der Waals surface area contributed by atoms with Crippen LogP contribution in [0.2, 0.25) is 0 Å². The Morgan fingerprint density at radius 3 is 2.26 bits per heavy atom. The lowest BCUT2D eigenvalue weighted by Gasteiger charge is -2.32. The van der Waals surface area contributed by atoms with E-state index in [-0.39, 0.29) is 29.2 Å². The van der Waals surface area contributed by atoms with Crippen molar-refractivity contribution in [3.05, 3.63) is 35.4 Å². The Kier molecular flexibility index (Phi) is 2.98. The van der Waals surface area contributed by atoms with Gasteiger partial charge in [0.15, 0.2) is 0 Å². The minimum absolute atomic E-state index is 0.0614. The lowest BCUT2D eigenvalue weighted by Crippen LogP contribution is -2.46. The highest BCUT2D eigenvalue weighted by Gasteiger charge is 2.36. The molecule has 2 atom stereocenters. The van der Waals surface area contributed by atoms with Crippen molar-refractivity contribution < 1.29 is 19.4 Å². The van der Waals surface area contributed by atoms with Crippen LogP contribution in [0.15, 0.2) is 24.3 Å². The number of amides is 1. The summed E-state index contributed by atoms with van der Waals surface area (Å²) in [7, 11) is 0. The van der Waals surface area contributed by atoms with Crippen molar-refractivity contribution in [3.63, 3.8) is 0 Å². The molecular weight excluding hydrogens is 246 g/mol. The number of morpholine rings is 1. The van der Waals surface area contributed by atoms with Gasteiger partial charge in [0.05, 0.1) is 23.3 Å². The molecule has 2 aliphatic heterocycles. The number of fused-ring (bicyclic) bond motifs is 2. The van der Waals surface area contributed by atoms with Gasteiger partial charge in [0.2, 0.25) is 0 Å². The van der Waals surface area contributed by atoms with Crippen LogP contribution in [-0.4, -0.2) is 47.2 Å². The van der Waals surface area contributed by atoms with Crippen LogP contribution in [0.3, 0.4) is 0 Å². The van der Waals surface area contributed by atoms with Crippen LogP contribution in [0.1, 0.15) is 33.6 Å². The molecule has 5 heteroatoms. The predicted molar refractivity (Wildman–Crippen MR) is 67.2 cm³/mol. The van der Waals surface area contributed by atoms with E-state index in [0.717, 1.165) is 12.8 Å². The summed E-state index contributed by atoms with van der Waals surface area (Å²) in [5.74, 6) is -1.28. The maximum absolute atomic E-state index is 12.5. The number of carboxylic acid groups (broad SMARTS) is 1. The fourth-order valence-corrected chi connectivity index (χ4v) is 2.81. The minimum atomic E-state index is -1.07. The van der Waals surface area contributed by atoms with E-state index in [2.05, 4.69) is 0 Å². The first-order valence-corrected chi connectivity index (χ1v) is 6.42. The van der Waals surface area contributed by atoms with Crippen LogP contribution in [0.4, 0.5) is 0 Å². The normalized spacial score (nSPS) is 25.4. The number of ether oxygens (including phenoxy) is 1. The quantitative estimate of drug-likeness (QED) is 0.873. The van der Waals surface area contributed by atoms with E-state index in [1.54, 1.807) is 23.1 Å². The van der Waals surface area contributed by atoms with Gasteiger partial charge < -0.3 is 14.7 Å². The number of nitrogens with zero attached hydrogens (tertiary/aromatic N) is 1. The third kappa shape index (κ3) is 2.21. The summed E-state index contributed by atoms with van der Waals surface area (Å²) in [4.78, 5) is 25.3. The van der Waals surface area contributed by atoms with E-state index in [1.165, 1.54) is 6.07 Å². The Hall–Kier alpha value is -1.88. The van der Waals surface area contributed by atoms with Crippen molar-refractivity contribution in [1.82, 2.24) is 4.90 Å². The number of carbonyl (C=O) groups excluding carboxylic acids is 1. The molecule has 0 radical (unpaired) electrons. The van der Waals surface area contributed by atoms with Crippen LogP contribution < -0.4 is 0 Å². The van der Waals surface area contributed by atoms with Crippen molar-refractivity contribution >= 4 is 11.9 Å². The van der Waals surface area contributed by atoms with Gasteiger partial charge in [0.25, 0.3) is 5.91 Å². The summed E-state index contributed by atoms with van der Waals surface area (Å²) < 4.78 is 5.68. The fourth-order valence-electron chi connectivity index (χ4n) is 2.81. The Bertz CT molecular complexity index is 516. The Morgan fingerprint density at radius 1 is 1.11 bits per heavy atom. The third-order valence-electron chi connectivity index (χ3n) is 3.72. The maximum atomic E-state index is 12.5. The molecule has 0 saturated carbocycles. The highest BCUT2D eigenvalue weighted by atomic mass is 16.5. The molecule has 2 saturated heterocycles. The first-order chi connectivity index (χ1) is 9.15. The number of aromatic carboxylic acids is 1. The van der Waals surface area contributed by atoms with Gasteiger partial charge in [-0.1, -0.05) is 12.1 Å². The molecule has 3 rings (SSSR count). The molecule has 0 aromatic heterocycles. The van der Waals surface area contributed by atoms with E-state index < -0.39 is 5.97 Å². The molecule has 1 amide bonds. The van der Waals surface area contributed by atoms with Gasteiger partial charge in [-0.25, -0.2) is 4.79 Å². The SMILES string of the molecule is O=C(O)c1ccccc1C(=O)N1CC2CCC(C1)O2. The summed E-state index contributed by atoms with van der Waals surface area (Å²) in [5, 5.41) is 9.13. The second-order valence-electron chi connectivity index (χ2n) is 5.02. The van der Waals surface area contributed by atoms with Gasteiger partial charge in [-0.05, 0) is 25.0 Å². The molecule has 5 nitrogen and oxygen atoms in total. The van der Waals surface area contributed by atoms with Crippen LogP contribution in [0.5, 0.6) is 0 Å². The van der Waals surface area contributed by atoms with E-state index in [1.807, 2.05) is 0 Å². The van der Waals surface area contributed by atoms with E-state index in [0.29, 0.717) is 13.1 Å². The molecule has 1 N–H and O–H groups in total. The first kappa shape index (κ1) is 12.2. The van der Waals surface area contributed by atoms with Crippen LogP contribution >= 0.6 is 0 Å². The van der Waals surface area contributed by atoms with Crippen molar-refractivity contribution in [2.45, 2.75) is 25.0 Å². The Balaban J connectivity index is 1.86. The lowest BCUT2D eigenvalue weighted by molar-refractivity contribution is -0.0303. The molecule has 2 fully saturated rings. The molecule has 2 aliphatic rings. The van der Waals surface area contributed by atoms with Gasteiger partial charge in [-0.15, -0.1) is 0 Å². The number of carbonyl (C=O) groups is 2. The average Bonchev–Trinajstić information content (AvgIpc) is 2.76. The van der Waals surface area contributed by atoms with Crippen molar-refractivity contribution in [1.29, 1.82) is 0 Å². The standard InChI is InChI=1S/C14H15NO4/c16-13(11-3-1-2-4-12(11)14(17)18)15-7-9-5-6-10(8-15)19-9/h1-4,9-10H,5-8H2,(H,17,18). The van der Waals surface area contributed by atoms with Crippen LogP contribution in [-0.2, 0) is 4.74 Å². The summed E-state index contributed by atoms with van der Waals surface area (Å²) in [6.07, 6.45) is 2.18. The molecule has 1 aromatic rings. The number of rotatable bonds is 2. The second kappa shape index (κ2) is 4.66. The molecular formula is C14H15NO4. The highest BCUT2D eigenvalue weighted by Crippen LogP contribution is 2.27. The summed E-state index contributed by atoms with van der Waals surface area (Å²) in [6, 6.07) is 6.35. The Labute approximate surface area is 110 Å². The zero-order valence-electron chi connectivity index (χ0n) is 10.4. The van der Waals surface area contributed by atoms with Crippen molar-refractivity contribution in [2.75, 3.05) is 13.1 Å². The molecule has 100 valence electrons. The summed E-state index contributed by atoms with van der Waals surface area (Å²) >= 11 is 0. The van der Waals surface area contributed by atoms with Crippen molar-refractivity contribution in [3.8, 4) is 0 Å². The van der Waals surface area contributed by atoms with Gasteiger partial charge in [-0.3, -0.25) is 4.79 Å². The van der Waals surface area contributed by atoms with Gasteiger partial charge in [0.1, 0.15) is 0 Å². The number of hydrogen-bond acceptors (Lipinski definition) is 3. The van der Waals surface area contributed by atoms with Gasteiger partial charge >= 0.3 is 5.97 Å². The number of benzene rings is 1. The molecule has 1 aromatic carbocycles. The Morgan fingerprint density at radius 2 is 1.68 bits per heavy atom. The molecule has 0 aliphatic carbocycles. The van der Waals surface area contributed by atoms with E-state index >= 15 is 0 Å². The fraction of sp³-hybridized carbons (Fsp3) is 0.429. The summed E-state index contributed by atoms with van der Waals surface area (Å²) in [6.45, 7) is 1.12. The molecule has 2 heterocycles.